The van der Waals surface area contributed by atoms with E-state index in [0.717, 1.165) is 25.3 Å². The number of non-ortho nitro benzene ring substituents is 1. The van der Waals surface area contributed by atoms with E-state index in [1.54, 1.807) is 0 Å². The first-order valence-corrected chi connectivity index (χ1v) is 6.99. The zero-order chi connectivity index (χ0) is 14.9. The topological polar surface area (TPSA) is 55.2 Å². The van der Waals surface area contributed by atoms with Crippen LogP contribution in [0.1, 0.15) is 40.0 Å². The third kappa shape index (κ3) is 3.26. The predicted molar refractivity (Wildman–Crippen MR) is 77.3 cm³/mol. The Hall–Kier alpha value is -1.65. The van der Waals surface area contributed by atoms with Crippen LogP contribution in [0.25, 0.3) is 0 Å². The highest BCUT2D eigenvalue weighted by Crippen LogP contribution is 2.39. The Morgan fingerprint density at radius 2 is 2.15 bits per heavy atom. The van der Waals surface area contributed by atoms with Crippen molar-refractivity contribution < 1.29 is 9.31 Å². The molecule has 2 rings (SSSR count). The average molecular weight is 280 g/mol. The Labute approximate surface area is 118 Å². The molecule has 1 fully saturated rings. The molecule has 20 heavy (non-hydrogen) atoms. The van der Waals surface area contributed by atoms with Crippen molar-refractivity contribution >= 4 is 11.4 Å². The summed E-state index contributed by atoms with van der Waals surface area (Å²) in [6, 6.07) is 3.99. The molecule has 2 atom stereocenters. The molecule has 1 aliphatic carbocycles. The van der Waals surface area contributed by atoms with E-state index in [4.69, 9.17) is 0 Å². The second kappa shape index (κ2) is 5.38. The number of nitrogens with one attached hydrogen (secondary N) is 1. The summed E-state index contributed by atoms with van der Waals surface area (Å²) in [7, 11) is 0. The number of anilines is 1. The van der Waals surface area contributed by atoms with Crippen molar-refractivity contribution in [3.05, 3.63) is 34.1 Å². The van der Waals surface area contributed by atoms with Gasteiger partial charge in [-0.2, -0.15) is 0 Å². The number of nitro groups is 1. The third-order valence-corrected chi connectivity index (χ3v) is 4.20. The SMILES string of the molecule is CC1CC(C)(C)CCC1Nc1ccc([N+](=O)[O-])cc1F. The van der Waals surface area contributed by atoms with Crippen molar-refractivity contribution in [1.29, 1.82) is 0 Å². The summed E-state index contributed by atoms with van der Waals surface area (Å²) in [5.41, 5.74) is 0.476. The van der Waals surface area contributed by atoms with Crippen LogP contribution in [0.4, 0.5) is 15.8 Å². The van der Waals surface area contributed by atoms with Crippen LogP contribution in [0.5, 0.6) is 0 Å². The molecule has 0 bridgehead atoms. The molecular weight excluding hydrogens is 259 g/mol. The van der Waals surface area contributed by atoms with Gasteiger partial charge in [0.2, 0.25) is 0 Å². The summed E-state index contributed by atoms with van der Waals surface area (Å²) >= 11 is 0. The first-order valence-electron chi connectivity index (χ1n) is 6.99. The van der Waals surface area contributed by atoms with E-state index in [2.05, 4.69) is 26.1 Å². The lowest BCUT2D eigenvalue weighted by molar-refractivity contribution is -0.385. The van der Waals surface area contributed by atoms with Crippen molar-refractivity contribution in [2.75, 3.05) is 5.32 Å². The maximum atomic E-state index is 13.9. The molecule has 4 nitrogen and oxygen atoms in total. The van der Waals surface area contributed by atoms with Crippen molar-refractivity contribution in [2.45, 2.75) is 46.1 Å². The minimum absolute atomic E-state index is 0.217. The number of hydrogen-bond acceptors (Lipinski definition) is 3. The molecule has 5 heteroatoms. The van der Waals surface area contributed by atoms with Crippen LogP contribution < -0.4 is 5.32 Å². The Balaban J connectivity index is 2.09. The zero-order valence-electron chi connectivity index (χ0n) is 12.1. The second-order valence-corrected chi connectivity index (χ2v) is 6.56. The van der Waals surface area contributed by atoms with Crippen LogP contribution in [0.3, 0.4) is 0 Å². The van der Waals surface area contributed by atoms with Gasteiger partial charge in [0.15, 0.2) is 5.82 Å². The zero-order valence-corrected chi connectivity index (χ0v) is 12.1. The monoisotopic (exact) mass is 280 g/mol. The maximum Gasteiger partial charge on any atom is 0.272 e. The minimum atomic E-state index is -0.585. The van der Waals surface area contributed by atoms with E-state index in [-0.39, 0.29) is 11.7 Å². The first kappa shape index (κ1) is 14.8. The summed E-state index contributed by atoms with van der Waals surface area (Å²) in [6.07, 6.45) is 3.19. The number of rotatable bonds is 3. The van der Waals surface area contributed by atoms with Crippen LogP contribution in [0.2, 0.25) is 0 Å². The van der Waals surface area contributed by atoms with Gasteiger partial charge >= 0.3 is 0 Å². The van der Waals surface area contributed by atoms with Gasteiger partial charge in [0, 0.05) is 12.1 Å². The fourth-order valence-corrected chi connectivity index (χ4v) is 3.10. The lowest BCUT2D eigenvalue weighted by Gasteiger charge is -2.40. The van der Waals surface area contributed by atoms with Gasteiger partial charge in [-0.1, -0.05) is 20.8 Å². The largest absolute Gasteiger partial charge is 0.380 e. The Bertz CT molecular complexity index is 517. The summed E-state index contributed by atoms with van der Waals surface area (Å²) in [5.74, 6) is -0.107. The van der Waals surface area contributed by atoms with E-state index in [1.807, 2.05) is 0 Å². The molecular formula is C15H21FN2O2. The standard InChI is InChI=1S/C15H21FN2O2/c1-10-9-15(2,3)7-6-13(10)17-14-5-4-11(18(19)20)8-12(14)16/h4-5,8,10,13,17H,6-7,9H2,1-3H3. The molecule has 2 unspecified atom stereocenters. The molecule has 1 aliphatic rings. The van der Waals surface area contributed by atoms with E-state index in [9.17, 15) is 14.5 Å². The van der Waals surface area contributed by atoms with Crippen molar-refractivity contribution in [1.82, 2.24) is 0 Å². The number of nitro benzene ring substituents is 1. The Morgan fingerprint density at radius 3 is 2.70 bits per heavy atom. The third-order valence-electron chi connectivity index (χ3n) is 4.20. The van der Waals surface area contributed by atoms with Gasteiger partial charge in [-0.25, -0.2) is 4.39 Å². The van der Waals surface area contributed by atoms with Gasteiger partial charge in [-0.05, 0) is 36.7 Å². The molecule has 1 saturated carbocycles. The lowest BCUT2D eigenvalue weighted by atomic mass is 9.70. The summed E-state index contributed by atoms with van der Waals surface area (Å²) in [4.78, 5) is 10.0. The molecule has 0 radical (unpaired) electrons. The number of nitrogens with zero attached hydrogens (tertiary/aromatic N) is 1. The fraction of sp³-hybridized carbons (Fsp3) is 0.600. The molecule has 0 amide bonds. The van der Waals surface area contributed by atoms with Crippen molar-refractivity contribution in [2.24, 2.45) is 11.3 Å². The number of benzene rings is 1. The number of halogens is 1. The van der Waals surface area contributed by atoms with Gasteiger partial charge in [0.25, 0.3) is 5.69 Å². The molecule has 0 spiro atoms. The van der Waals surface area contributed by atoms with Gasteiger partial charge in [0.1, 0.15) is 0 Å². The van der Waals surface area contributed by atoms with Gasteiger partial charge in [0.05, 0.1) is 16.7 Å². The van der Waals surface area contributed by atoms with Crippen molar-refractivity contribution in [3.63, 3.8) is 0 Å². The molecule has 0 heterocycles. The van der Waals surface area contributed by atoms with E-state index in [0.29, 0.717) is 17.0 Å². The van der Waals surface area contributed by atoms with E-state index < -0.39 is 10.7 Å². The molecule has 1 aromatic rings. The summed E-state index contributed by atoms with van der Waals surface area (Å²) in [5, 5.41) is 13.8. The Morgan fingerprint density at radius 1 is 1.45 bits per heavy atom. The van der Waals surface area contributed by atoms with Crippen LogP contribution in [0.15, 0.2) is 18.2 Å². The van der Waals surface area contributed by atoms with Gasteiger partial charge in [-0.3, -0.25) is 10.1 Å². The molecule has 110 valence electrons. The van der Waals surface area contributed by atoms with Crippen LogP contribution in [-0.4, -0.2) is 11.0 Å². The van der Waals surface area contributed by atoms with Crippen LogP contribution in [0, 0.1) is 27.3 Å². The molecule has 1 N–H and O–H groups in total. The van der Waals surface area contributed by atoms with Gasteiger partial charge < -0.3 is 5.32 Å². The first-order chi connectivity index (χ1) is 9.28. The minimum Gasteiger partial charge on any atom is -0.380 e. The highest BCUT2D eigenvalue weighted by molar-refractivity contribution is 5.50. The smallest absolute Gasteiger partial charge is 0.272 e. The fourth-order valence-electron chi connectivity index (χ4n) is 3.10. The quantitative estimate of drug-likeness (QED) is 0.661. The normalized spacial score (nSPS) is 25.2. The van der Waals surface area contributed by atoms with Gasteiger partial charge in [-0.15, -0.1) is 0 Å². The maximum absolute atomic E-state index is 13.9. The highest BCUT2D eigenvalue weighted by atomic mass is 19.1. The van der Waals surface area contributed by atoms with Crippen LogP contribution >= 0.6 is 0 Å². The molecule has 0 aromatic heterocycles. The molecule has 0 aliphatic heterocycles. The summed E-state index contributed by atoms with van der Waals surface area (Å²) < 4.78 is 13.9. The van der Waals surface area contributed by atoms with Crippen molar-refractivity contribution in [3.8, 4) is 0 Å². The number of hydrogen-bond donors (Lipinski definition) is 1. The molecule has 0 saturated heterocycles. The lowest BCUT2D eigenvalue weighted by Crippen LogP contribution is -2.37. The summed E-state index contributed by atoms with van der Waals surface area (Å²) in [6.45, 7) is 6.68. The molecule has 1 aromatic carbocycles. The second-order valence-electron chi connectivity index (χ2n) is 6.56. The van der Waals surface area contributed by atoms with E-state index in [1.165, 1.54) is 12.1 Å². The Kier molecular flexibility index (Phi) is 3.97. The van der Waals surface area contributed by atoms with Crippen LogP contribution in [-0.2, 0) is 0 Å². The average Bonchev–Trinajstić information content (AvgIpc) is 2.33. The highest BCUT2D eigenvalue weighted by Gasteiger charge is 2.32. The predicted octanol–water partition coefficient (Wildman–Crippen LogP) is 4.36. The van der Waals surface area contributed by atoms with E-state index >= 15 is 0 Å².